The van der Waals surface area contributed by atoms with Crippen LogP contribution in [-0.2, 0) is 4.79 Å². The Bertz CT molecular complexity index is 307. The molecule has 5 nitrogen and oxygen atoms in total. The summed E-state index contributed by atoms with van der Waals surface area (Å²) < 4.78 is 0. The molecule has 0 heterocycles. The van der Waals surface area contributed by atoms with Crippen LogP contribution in [0.3, 0.4) is 0 Å². The van der Waals surface area contributed by atoms with Crippen molar-refractivity contribution < 1.29 is 14.7 Å². The summed E-state index contributed by atoms with van der Waals surface area (Å²) >= 11 is 0. The second kappa shape index (κ2) is 6.61. The van der Waals surface area contributed by atoms with E-state index in [0.29, 0.717) is 12.5 Å². The van der Waals surface area contributed by atoms with Gasteiger partial charge in [0.05, 0.1) is 6.42 Å². The molecule has 0 radical (unpaired) electrons. The molecule has 104 valence electrons. The Kier molecular flexibility index (Phi) is 5.44. The Labute approximate surface area is 109 Å². The van der Waals surface area contributed by atoms with Crippen LogP contribution in [0.1, 0.15) is 46.5 Å². The van der Waals surface area contributed by atoms with Crippen LogP contribution in [0.2, 0.25) is 0 Å². The van der Waals surface area contributed by atoms with Gasteiger partial charge < -0.3 is 15.3 Å². The topological polar surface area (TPSA) is 69.6 Å². The first-order valence-electron chi connectivity index (χ1n) is 6.73. The SMILES string of the molecule is CCN(C(=O)NC1CCC(C)C1)C(C)CC(=O)O. The highest BCUT2D eigenvalue weighted by Gasteiger charge is 2.26. The van der Waals surface area contributed by atoms with Crippen molar-refractivity contribution in [2.45, 2.75) is 58.5 Å². The normalized spacial score (nSPS) is 24.6. The van der Waals surface area contributed by atoms with Crippen LogP contribution in [0.4, 0.5) is 4.79 Å². The molecule has 0 aromatic carbocycles. The molecule has 0 aromatic rings. The number of carbonyl (C=O) groups excluding carboxylic acids is 1. The molecular formula is C13H24N2O3. The molecule has 1 aliphatic rings. The van der Waals surface area contributed by atoms with E-state index >= 15 is 0 Å². The average molecular weight is 256 g/mol. The van der Waals surface area contributed by atoms with Crippen molar-refractivity contribution in [1.82, 2.24) is 10.2 Å². The molecule has 2 amide bonds. The number of nitrogens with one attached hydrogen (secondary N) is 1. The molecule has 0 aliphatic heterocycles. The van der Waals surface area contributed by atoms with E-state index in [0.717, 1.165) is 19.3 Å². The molecule has 3 atom stereocenters. The maximum absolute atomic E-state index is 12.1. The largest absolute Gasteiger partial charge is 0.481 e. The van der Waals surface area contributed by atoms with E-state index < -0.39 is 5.97 Å². The number of hydrogen-bond donors (Lipinski definition) is 2. The number of nitrogens with zero attached hydrogens (tertiary/aromatic N) is 1. The van der Waals surface area contributed by atoms with E-state index in [9.17, 15) is 9.59 Å². The lowest BCUT2D eigenvalue weighted by Crippen LogP contribution is -2.48. The number of hydrogen-bond acceptors (Lipinski definition) is 2. The molecule has 18 heavy (non-hydrogen) atoms. The van der Waals surface area contributed by atoms with Crippen LogP contribution in [0.15, 0.2) is 0 Å². The second-order valence-electron chi connectivity index (χ2n) is 5.30. The molecule has 0 spiro atoms. The molecule has 1 aliphatic carbocycles. The molecule has 0 aromatic heterocycles. The summed E-state index contributed by atoms with van der Waals surface area (Å²) in [5.74, 6) is -0.204. The van der Waals surface area contributed by atoms with Gasteiger partial charge in [-0.25, -0.2) is 4.79 Å². The lowest BCUT2D eigenvalue weighted by Gasteiger charge is -2.28. The zero-order valence-corrected chi connectivity index (χ0v) is 11.5. The summed E-state index contributed by atoms with van der Waals surface area (Å²) in [7, 11) is 0. The van der Waals surface area contributed by atoms with E-state index in [2.05, 4.69) is 12.2 Å². The molecule has 1 saturated carbocycles. The number of urea groups is 1. The standard InChI is InChI=1S/C13H24N2O3/c1-4-15(10(3)8-12(16)17)13(18)14-11-6-5-9(2)7-11/h9-11H,4-8H2,1-3H3,(H,14,18)(H,16,17). The highest BCUT2D eigenvalue weighted by atomic mass is 16.4. The minimum Gasteiger partial charge on any atom is -0.481 e. The fourth-order valence-corrected chi connectivity index (χ4v) is 2.61. The van der Waals surface area contributed by atoms with E-state index in [4.69, 9.17) is 5.11 Å². The van der Waals surface area contributed by atoms with Gasteiger partial charge in [-0.3, -0.25) is 4.79 Å². The van der Waals surface area contributed by atoms with Crippen LogP contribution in [0.25, 0.3) is 0 Å². The maximum Gasteiger partial charge on any atom is 0.317 e. The predicted octanol–water partition coefficient (Wildman–Crippen LogP) is 2.07. The molecule has 0 bridgehead atoms. The van der Waals surface area contributed by atoms with Gasteiger partial charge >= 0.3 is 12.0 Å². The average Bonchev–Trinajstić information content (AvgIpc) is 2.63. The number of carboxylic acids is 1. The van der Waals surface area contributed by atoms with Crippen LogP contribution in [0.5, 0.6) is 0 Å². The number of carbonyl (C=O) groups is 2. The van der Waals surface area contributed by atoms with Crippen molar-refractivity contribution in [2.24, 2.45) is 5.92 Å². The van der Waals surface area contributed by atoms with Gasteiger partial charge in [0.2, 0.25) is 0 Å². The summed E-state index contributed by atoms with van der Waals surface area (Å²) in [5, 5.41) is 11.8. The number of aliphatic carboxylic acids is 1. The third kappa shape index (κ3) is 4.20. The zero-order chi connectivity index (χ0) is 13.7. The minimum atomic E-state index is -0.872. The van der Waals surface area contributed by atoms with Gasteiger partial charge in [-0.1, -0.05) is 6.92 Å². The van der Waals surface area contributed by atoms with Crippen LogP contribution >= 0.6 is 0 Å². The van der Waals surface area contributed by atoms with Crippen LogP contribution < -0.4 is 5.32 Å². The van der Waals surface area contributed by atoms with Crippen molar-refractivity contribution in [3.8, 4) is 0 Å². The number of carboxylic acid groups (broad SMARTS) is 1. The van der Waals surface area contributed by atoms with Gasteiger partial charge in [0, 0.05) is 18.6 Å². The van der Waals surface area contributed by atoms with Gasteiger partial charge in [-0.15, -0.1) is 0 Å². The van der Waals surface area contributed by atoms with E-state index in [1.54, 1.807) is 11.8 Å². The maximum atomic E-state index is 12.1. The third-order valence-electron chi connectivity index (χ3n) is 3.63. The monoisotopic (exact) mass is 256 g/mol. The summed E-state index contributed by atoms with van der Waals surface area (Å²) in [6, 6.07) is -0.157. The summed E-state index contributed by atoms with van der Waals surface area (Å²) in [4.78, 5) is 24.4. The van der Waals surface area contributed by atoms with Crippen molar-refractivity contribution in [3.05, 3.63) is 0 Å². The highest BCUT2D eigenvalue weighted by molar-refractivity contribution is 5.76. The van der Waals surface area contributed by atoms with E-state index in [1.165, 1.54) is 0 Å². The van der Waals surface area contributed by atoms with Gasteiger partial charge in [0.1, 0.15) is 0 Å². The molecule has 2 N–H and O–H groups in total. The summed E-state index contributed by atoms with van der Waals surface area (Å²) in [6.07, 6.45) is 3.19. The van der Waals surface area contributed by atoms with Gasteiger partial charge in [0.25, 0.3) is 0 Å². The predicted molar refractivity (Wildman–Crippen MR) is 69.4 cm³/mol. The van der Waals surface area contributed by atoms with Crippen LogP contribution in [0, 0.1) is 5.92 Å². The number of rotatable bonds is 5. The van der Waals surface area contributed by atoms with Crippen molar-refractivity contribution in [2.75, 3.05) is 6.54 Å². The zero-order valence-electron chi connectivity index (χ0n) is 11.5. The Balaban J connectivity index is 2.48. The molecule has 1 rings (SSSR count). The highest BCUT2D eigenvalue weighted by Crippen LogP contribution is 2.24. The first kappa shape index (κ1) is 14.8. The van der Waals surface area contributed by atoms with Crippen LogP contribution in [-0.4, -0.2) is 40.6 Å². The van der Waals surface area contributed by atoms with Crippen molar-refractivity contribution in [3.63, 3.8) is 0 Å². The van der Waals surface area contributed by atoms with Gasteiger partial charge in [-0.2, -0.15) is 0 Å². The Hall–Kier alpha value is -1.26. The molecule has 0 saturated heterocycles. The Morgan fingerprint density at radius 3 is 2.56 bits per heavy atom. The van der Waals surface area contributed by atoms with E-state index in [1.807, 2.05) is 6.92 Å². The fourth-order valence-electron chi connectivity index (χ4n) is 2.61. The van der Waals surface area contributed by atoms with Crippen molar-refractivity contribution in [1.29, 1.82) is 0 Å². The smallest absolute Gasteiger partial charge is 0.317 e. The molecular weight excluding hydrogens is 232 g/mol. The van der Waals surface area contributed by atoms with E-state index in [-0.39, 0.29) is 24.5 Å². The summed E-state index contributed by atoms with van der Waals surface area (Å²) in [5.41, 5.74) is 0. The quantitative estimate of drug-likeness (QED) is 0.791. The minimum absolute atomic E-state index is 0.0116. The Morgan fingerprint density at radius 1 is 1.44 bits per heavy atom. The first-order chi connectivity index (χ1) is 8.43. The molecule has 1 fully saturated rings. The lowest BCUT2D eigenvalue weighted by molar-refractivity contribution is -0.138. The third-order valence-corrected chi connectivity index (χ3v) is 3.63. The molecule has 3 unspecified atom stereocenters. The van der Waals surface area contributed by atoms with Gasteiger partial charge in [0.15, 0.2) is 0 Å². The van der Waals surface area contributed by atoms with Gasteiger partial charge in [-0.05, 0) is 39.0 Å². The second-order valence-corrected chi connectivity index (χ2v) is 5.30. The lowest BCUT2D eigenvalue weighted by atomic mass is 10.1. The first-order valence-corrected chi connectivity index (χ1v) is 6.73. The fraction of sp³-hybridized carbons (Fsp3) is 0.846. The Morgan fingerprint density at radius 2 is 2.11 bits per heavy atom. The summed E-state index contributed by atoms with van der Waals surface area (Å²) in [6.45, 7) is 6.36. The number of amides is 2. The van der Waals surface area contributed by atoms with Crippen molar-refractivity contribution >= 4 is 12.0 Å². The molecule has 5 heteroatoms.